The summed E-state index contributed by atoms with van der Waals surface area (Å²) >= 11 is 5.09. The van der Waals surface area contributed by atoms with Crippen LogP contribution in [0.1, 0.15) is 16.1 Å². The van der Waals surface area contributed by atoms with Crippen LogP contribution in [0.4, 0.5) is 0 Å². The molecule has 2 aromatic carbocycles. The van der Waals surface area contributed by atoms with Crippen LogP contribution in [0, 0.1) is 0 Å². The van der Waals surface area contributed by atoms with Crippen LogP contribution in [0.3, 0.4) is 0 Å². The Morgan fingerprint density at radius 2 is 1.76 bits per heavy atom. The van der Waals surface area contributed by atoms with E-state index in [-0.39, 0.29) is 5.78 Å². The van der Waals surface area contributed by atoms with Gasteiger partial charge in [0.25, 0.3) is 0 Å². The third-order valence-electron chi connectivity index (χ3n) is 3.09. The molecule has 0 fully saturated rings. The van der Waals surface area contributed by atoms with Crippen molar-refractivity contribution in [1.82, 2.24) is 4.98 Å². The van der Waals surface area contributed by atoms with Crippen molar-refractivity contribution in [2.45, 2.75) is 6.42 Å². The molecule has 0 saturated heterocycles. The van der Waals surface area contributed by atoms with Gasteiger partial charge in [0.2, 0.25) is 0 Å². The number of rotatable bonds is 4. The fourth-order valence-corrected chi connectivity index (χ4v) is 3.50. The number of thiazole rings is 1. The molecule has 0 aliphatic heterocycles. The Morgan fingerprint density at radius 3 is 2.52 bits per heavy atom. The summed E-state index contributed by atoms with van der Waals surface area (Å²) in [5, 5.41) is 2.88. The highest BCUT2D eigenvalue weighted by molar-refractivity contribution is 9.10. The molecular weight excluding hydrogens is 346 g/mol. The lowest BCUT2D eigenvalue weighted by Crippen LogP contribution is -2.03. The Balaban J connectivity index is 1.80. The van der Waals surface area contributed by atoms with E-state index in [1.165, 1.54) is 0 Å². The Bertz CT molecular complexity index is 767. The molecular formula is C17H12BrNOS. The zero-order valence-electron chi connectivity index (χ0n) is 11.1. The number of hydrogen-bond acceptors (Lipinski definition) is 3. The Morgan fingerprint density at radius 1 is 1.05 bits per heavy atom. The summed E-state index contributed by atoms with van der Waals surface area (Å²) < 4.78 is 1.01. The van der Waals surface area contributed by atoms with Crippen LogP contribution in [0.25, 0.3) is 10.6 Å². The van der Waals surface area contributed by atoms with Gasteiger partial charge < -0.3 is 0 Å². The standard InChI is InChI=1S/C17H12BrNOS/c18-15-9-5-4-8-14(15)17-19-13(11-21-17)10-16(20)12-6-2-1-3-7-12/h1-9,11H,10H2. The zero-order chi connectivity index (χ0) is 14.7. The predicted octanol–water partition coefficient (Wildman–Crippen LogP) is 5.00. The largest absolute Gasteiger partial charge is 0.294 e. The molecule has 0 N–H and O–H groups in total. The maximum atomic E-state index is 12.2. The third-order valence-corrected chi connectivity index (χ3v) is 4.71. The Hall–Kier alpha value is -1.78. The first-order valence-corrected chi connectivity index (χ1v) is 8.19. The van der Waals surface area contributed by atoms with Crippen LogP contribution in [0.5, 0.6) is 0 Å². The smallest absolute Gasteiger partial charge is 0.168 e. The third kappa shape index (κ3) is 3.28. The molecule has 0 bridgehead atoms. The molecule has 21 heavy (non-hydrogen) atoms. The fourth-order valence-electron chi connectivity index (χ4n) is 2.04. The molecule has 0 amide bonds. The molecule has 3 aromatic rings. The van der Waals surface area contributed by atoms with E-state index in [2.05, 4.69) is 20.9 Å². The van der Waals surface area contributed by atoms with Crippen molar-refractivity contribution < 1.29 is 4.79 Å². The number of benzene rings is 2. The first-order chi connectivity index (χ1) is 10.2. The number of nitrogens with zero attached hydrogens (tertiary/aromatic N) is 1. The van der Waals surface area contributed by atoms with E-state index in [1.54, 1.807) is 11.3 Å². The number of aromatic nitrogens is 1. The Labute approximate surface area is 135 Å². The van der Waals surface area contributed by atoms with E-state index < -0.39 is 0 Å². The highest BCUT2D eigenvalue weighted by Gasteiger charge is 2.11. The SMILES string of the molecule is O=C(Cc1csc(-c2ccccc2Br)n1)c1ccccc1. The molecule has 2 nitrogen and oxygen atoms in total. The normalized spacial score (nSPS) is 10.5. The van der Waals surface area contributed by atoms with Crippen molar-refractivity contribution in [1.29, 1.82) is 0 Å². The molecule has 4 heteroatoms. The van der Waals surface area contributed by atoms with Gasteiger partial charge in [0, 0.05) is 21.0 Å². The van der Waals surface area contributed by atoms with Crippen molar-refractivity contribution in [2.75, 3.05) is 0 Å². The maximum Gasteiger partial charge on any atom is 0.168 e. The van der Waals surface area contributed by atoms with Crippen LogP contribution >= 0.6 is 27.3 Å². The van der Waals surface area contributed by atoms with E-state index in [0.717, 1.165) is 26.3 Å². The van der Waals surface area contributed by atoms with Crippen LogP contribution < -0.4 is 0 Å². The lowest BCUT2D eigenvalue weighted by Gasteiger charge is -1.99. The molecule has 1 heterocycles. The number of carbonyl (C=O) groups excluding carboxylic acids is 1. The molecule has 0 aliphatic carbocycles. The number of ketones is 1. The molecule has 0 saturated carbocycles. The summed E-state index contributed by atoms with van der Waals surface area (Å²) in [5.74, 6) is 0.0968. The van der Waals surface area contributed by atoms with Crippen molar-refractivity contribution in [3.63, 3.8) is 0 Å². The fraction of sp³-hybridized carbons (Fsp3) is 0.0588. The number of halogens is 1. The first-order valence-electron chi connectivity index (χ1n) is 6.51. The van der Waals surface area contributed by atoms with Crippen molar-refractivity contribution in [3.8, 4) is 10.6 Å². The van der Waals surface area contributed by atoms with Gasteiger partial charge in [-0.1, -0.05) is 64.5 Å². The average Bonchev–Trinajstić information content (AvgIpc) is 2.97. The first kappa shape index (κ1) is 14.2. The minimum atomic E-state index is 0.0968. The van der Waals surface area contributed by atoms with Gasteiger partial charge in [-0.15, -0.1) is 11.3 Å². The van der Waals surface area contributed by atoms with E-state index in [0.29, 0.717) is 6.42 Å². The van der Waals surface area contributed by atoms with E-state index in [4.69, 9.17) is 0 Å². The second-order valence-electron chi connectivity index (χ2n) is 4.59. The quantitative estimate of drug-likeness (QED) is 0.615. The number of carbonyl (C=O) groups is 1. The van der Waals surface area contributed by atoms with Crippen LogP contribution in [0.15, 0.2) is 64.5 Å². The second-order valence-corrected chi connectivity index (χ2v) is 6.30. The molecule has 1 aromatic heterocycles. The van der Waals surface area contributed by atoms with Gasteiger partial charge in [0.05, 0.1) is 12.1 Å². The summed E-state index contributed by atoms with van der Waals surface area (Å²) in [5.41, 5.74) is 2.61. The van der Waals surface area contributed by atoms with Gasteiger partial charge in [0.1, 0.15) is 5.01 Å². The van der Waals surface area contributed by atoms with Crippen molar-refractivity contribution >= 4 is 33.0 Å². The highest BCUT2D eigenvalue weighted by Crippen LogP contribution is 2.30. The zero-order valence-corrected chi connectivity index (χ0v) is 13.5. The predicted molar refractivity (Wildman–Crippen MR) is 89.7 cm³/mol. The van der Waals surface area contributed by atoms with E-state index in [1.807, 2.05) is 60.0 Å². The molecule has 3 rings (SSSR count). The molecule has 0 atom stereocenters. The van der Waals surface area contributed by atoms with Gasteiger partial charge in [-0.05, 0) is 6.07 Å². The molecule has 0 radical (unpaired) electrons. The Kier molecular flexibility index (Phi) is 4.27. The van der Waals surface area contributed by atoms with Crippen LogP contribution in [0.2, 0.25) is 0 Å². The lowest BCUT2D eigenvalue weighted by atomic mass is 10.1. The molecule has 0 unspecified atom stereocenters. The molecule has 0 spiro atoms. The van der Waals surface area contributed by atoms with Crippen molar-refractivity contribution in [2.24, 2.45) is 0 Å². The van der Waals surface area contributed by atoms with Gasteiger partial charge in [0.15, 0.2) is 5.78 Å². The molecule has 0 aliphatic rings. The molecule has 104 valence electrons. The van der Waals surface area contributed by atoms with Gasteiger partial charge in [-0.3, -0.25) is 4.79 Å². The average molecular weight is 358 g/mol. The van der Waals surface area contributed by atoms with Crippen molar-refractivity contribution in [3.05, 3.63) is 75.7 Å². The van der Waals surface area contributed by atoms with E-state index >= 15 is 0 Å². The second kappa shape index (κ2) is 6.33. The summed E-state index contributed by atoms with van der Waals surface area (Å²) in [7, 11) is 0. The number of Topliss-reactive ketones (excluding diaryl/α,β-unsaturated/α-hetero) is 1. The summed E-state index contributed by atoms with van der Waals surface area (Å²) in [4.78, 5) is 16.8. The van der Waals surface area contributed by atoms with E-state index in [9.17, 15) is 4.79 Å². The summed E-state index contributed by atoms with van der Waals surface area (Å²) in [6, 6.07) is 17.3. The minimum absolute atomic E-state index is 0.0968. The summed E-state index contributed by atoms with van der Waals surface area (Å²) in [6.45, 7) is 0. The van der Waals surface area contributed by atoms with Crippen LogP contribution in [-0.2, 0) is 6.42 Å². The monoisotopic (exact) mass is 357 g/mol. The van der Waals surface area contributed by atoms with Crippen LogP contribution in [-0.4, -0.2) is 10.8 Å². The minimum Gasteiger partial charge on any atom is -0.294 e. The maximum absolute atomic E-state index is 12.2. The van der Waals surface area contributed by atoms with Gasteiger partial charge in [-0.25, -0.2) is 4.98 Å². The number of hydrogen-bond donors (Lipinski definition) is 0. The highest BCUT2D eigenvalue weighted by atomic mass is 79.9. The van der Waals surface area contributed by atoms with Gasteiger partial charge >= 0.3 is 0 Å². The lowest BCUT2D eigenvalue weighted by molar-refractivity contribution is 0.0992. The van der Waals surface area contributed by atoms with Gasteiger partial charge in [-0.2, -0.15) is 0 Å². The summed E-state index contributed by atoms with van der Waals surface area (Å²) in [6.07, 6.45) is 0.338. The topological polar surface area (TPSA) is 30.0 Å².